The van der Waals surface area contributed by atoms with Crippen LogP contribution >= 0.6 is 11.3 Å². The lowest BCUT2D eigenvalue weighted by molar-refractivity contribution is 0.0693. The molecule has 1 N–H and O–H groups in total. The van der Waals surface area contributed by atoms with Gasteiger partial charge in [0.05, 0.1) is 28.4 Å². The van der Waals surface area contributed by atoms with Gasteiger partial charge in [0.25, 0.3) is 11.8 Å². The van der Waals surface area contributed by atoms with Gasteiger partial charge < -0.3 is 5.32 Å². The Balaban J connectivity index is 1.81. The van der Waals surface area contributed by atoms with Crippen molar-refractivity contribution in [2.45, 2.75) is 20.4 Å². The van der Waals surface area contributed by atoms with Gasteiger partial charge >= 0.3 is 0 Å². The van der Waals surface area contributed by atoms with Crippen molar-refractivity contribution < 1.29 is 9.59 Å². The first-order valence-electron chi connectivity index (χ1n) is 6.60. The number of hydrogen-bond acceptors (Lipinski definition) is 5. The SMILES string of the molecule is Cc1nc(C)c(CNc2ccc3c(c2)C(=O)N(C)C3=O)s1. The average molecular weight is 301 g/mol. The van der Waals surface area contributed by atoms with Gasteiger partial charge in [-0.15, -0.1) is 11.3 Å². The zero-order valence-electron chi connectivity index (χ0n) is 12.1. The van der Waals surface area contributed by atoms with E-state index in [9.17, 15) is 9.59 Å². The molecule has 1 aliphatic heterocycles. The molecule has 0 fully saturated rings. The van der Waals surface area contributed by atoms with Crippen LogP contribution in [0.15, 0.2) is 18.2 Å². The summed E-state index contributed by atoms with van der Waals surface area (Å²) in [4.78, 5) is 30.5. The number of carbonyl (C=O) groups excluding carboxylic acids is 2. The third-order valence-corrected chi connectivity index (χ3v) is 4.62. The van der Waals surface area contributed by atoms with Gasteiger partial charge in [0.15, 0.2) is 0 Å². The van der Waals surface area contributed by atoms with Gasteiger partial charge in [-0.05, 0) is 32.0 Å². The van der Waals surface area contributed by atoms with Gasteiger partial charge in [-0.3, -0.25) is 14.5 Å². The Morgan fingerprint density at radius 2 is 1.90 bits per heavy atom. The predicted molar refractivity (Wildman–Crippen MR) is 81.8 cm³/mol. The quantitative estimate of drug-likeness (QED) is 0.885. The molecule has 0 atom stereocenters. The molecule has 0 saturated carbocycles. The molecular formula is C15H15N3O2S. The number of aromatic nitrogens is 1. The molecule has 21 heavy (non-hydrogen) atoms. The van der Waals surface area contributed by atoms with Gasteiger partial charge in [-0.25, -0.2) is 4.98 Å². The van der Waals surface area contributed by atoms with E-state index in [-0.39, 0.29) is 11.8 Å². The molecule has 0 saturated heterocycles. The highest BCUT2D eigenvalue weighted by molar-refractivity contribution is 7.11. The molecule has 0 radical (unpaired) electrons. The number of rotatable bonds is 3. The fourth-order valence-electron chi connectivity index (χ4n) is 2.39. The monoisotopic (exact) mass is 301 g/mol. The van der Waals surface area contributed by atoms with E-state index in [0.29, 0.717) is 17.7 Å². The van der Waals surface area contributed by atoms with Crippen molar-refractivity contribution in [2.24, 2.45) is 0 Å². The van der Waals surface area contributed by atoms with Crippen LogP contribution in [0, 0.1) is 13.8 Å². The first-order chi connectivity index (χ1) is 9.97. The summed E-state index contributed by atoms with van der Waals surface area (Å²) in [7, 11) is 1.50. The van der Waals surface area contributed by atoms with Crippen molar-refractivity contribution in [1.82, 2.24) is 9.88 Å². The normalized spacial score (nSPS) is 13.8. The van der Waals surface area contributed by atoms with Gasteiger partial charge in [0.1, 0.15) is 0 Å². The highest BCUT2D eigenvalue weighted by Gasteiger charge is 2.32. The number of nitrogens with one attached hydrogen (secondary N) is 1. The second-order valence-electron chi connectivity index (χ2n) is 5.02. The van der Waals surface area contributed by atoms with Crippen LogP contribution in [0.5, 0.6) is 0 Å². The van der Waals surface area contributed by atoms with Crippen LogP contribution in [0.4, 0.5) is 5.69 Å². The van der Waals surface area contributed by atoms with Crippen molar-refractivity contribution in [3.8, 4) is 0 Å². The maximum absolute atomic E-state index is 12.0. The number of hydrogen-bond donors (Lipinski definition) is 1. The number of amides is 2. The Hall–Kier alpha value is -2.21. The number of nitrogens with zero attached hydrogens (tertiary/aromatic N) is 2. The molecule has 2 aromatic rings. The van der Waals surface area contributed by atoms with Gasteiger partial charge in [0.2, 0.25) is 0 Å². The van der Waals surface area contributed by atoms with E-state index in [2.05, 4.69) is 10.3 Å². The lowest BCUT2D eigenvalue weighted by Crippen LogP contribution is -2.24. The third-order valence-electron chi connectivity index (χ3n) is 3.54. The lowest BCUT2D eigenvalue weighted by atomic mass is 10.1. The number of carbonyl (C=O) groups is 2. The first-order valence-corrected chi connectivity index (χ1v) is 7.42. The summed E-state index contributed by atoms with van der Waals surface area (Å²) in [6.45, 7) is 4.63. The maximum Gasteiger partial charge on any atom is 0.261 e. The molecule has 1 aromatic carbocycles. The van der Waals surface area contributed by atoms with Crippen molar-refractivity contribution >= 4 is 28.8 Å². The number of imide groups is 1. The molecule has 3 rings (SSSR count). The summed E-state index contributed by atoms with van der Waals surface area (Å²) in [6, 6.07) is 5.26. The standard InChI is InChI=1S/C15H15N3O2S/c1-8-13(21-9(2)17-8)7-16-10-4-5-11-12(6-10)15(20)18(3)14(11)19/h4-6,16H,7H2,1-3H3. The number of aryl methyl sites for hydroxylation is 2. The summed E-state index contributed by atoms with van der Waals surface area (Å²) in [6.07, 6.45) is 0. The van der Waals surface area contributed by atoms with E-state index < -0.39 is 0 Å². The molecule has 5 nitrogen and oxygen atoms in total. The Bertz CT molecular complexity index is 751. The number of benzene rings is 1. The molecule has 6 heteroatoms. The second kappa shape index (κ2) is 4.96. The van der Waals surface area contributed by atoms with E-state index in [0.717, 1.165) is 21.3 Å². The minimum absolute atomic E-state index is 0.240. The van der Waals surface area contributed by atoms with E-state index >= 15 is 0 Å². The minimum atomic E-state index is -0.247. The lowest BCUT2D eigenvalue weighted by Gasteiger charge is -2.06. The van der Waals surface area contributed by atoms with E-state index in [1.54, 1.807) is 23.5 Å². The van der Waals surface area contributed by atoms with Crippen LogP contribution in [0.25, 0.3) is 0 Å². The number of fused-ring (bicyclic) bond motifs is 1. The molecule has 0 unspecified atom stereocenters. The fourth-order valence-corrected chi connectivity index (χ4v) is 3.27. The summed E-state index contributed by atoms with van der Waals surface area (Å²) in [5.74, 6) is -0.487. The highest BCUT2D eigenvalue weighted by Crippen LogP contribution is 2.25. The van der Waals surface area contributed by atoms with Crippen molar-refractivity contribution in [3.63, 3.8) is 0 Å². The molecule has 108 valence electrons. The predicted octanol–water partition coefficient (Wildman–Crippen LogP) is 2.60. The van der Waals surface area contributed by atoms with Crippen LogP contribution in [-0.4, -0.2) is 28.7 Å². The van der Waals surface area contributed by atoms with Gasteiger partial charge in [0, 0.05) is 17.6 Å². The number of anilines is 1. The summed E-state index contributed by atoms with van der Waals surface area (Å²) >= 11 is 1.66. The minimum Gasteiger partial charge on any atom is -0.380 e. The molecule has 0 aliphatic carbocycles. The second-order valence-corrected chi connectivity index (χ2v) is 6.31. The van der Waals surface area contributed by atoms with E-state index in [1.807, 2.05) is 19.9 Å². The fraction of sp³-hybridized carbons (Fsp3) is 0.267. The Morgan fingerprint density at radius 3 is 2.57 bits per heavy atom. The van der Waals surface area contributed by atoms with Crippen molar-refractivity contribution in [1.29, 1.82) is 0 Å². The zero-order chi connectivity index (χ0) is 15.1. The summed E-state index contributed by atoms with van der Waals surface area (Å²) in [5.41, 5.74) is 2.79. The van der Waals surface area contributed by atoms with E-state index in [1.165, 1.54) is 11.9 Å². The van der Waals surface area contributed by atoms with Crippen LogP contribution in [0.3, 0.4) is 0 Å². The average Bonchev–Trinajstić information content (AvgIpc) is 2.89. The van der Waals surface area contributed by atoms with Crippen LogP contribution in [-0.2, 0) is 6.54 Å². The Morgan fingerprint density at radius 1 is 1.19 bits per heavy atom. The molecule has 2 amide bonds. The topological polar surface area (TPSA) is 62.3 Å². The summed E-state index contributed by atoms with van der Waals surface area (Å²) in [5, 5.41) is 4.33. The molecule has 0 bridgehead atoms. The maximum atomic E-state index is 12.0. The van der Waals surface area contributed by atoms with E-state index in [4.69, 9.17) is 0 Å². The molecule has 1 aliphatic rings. The Labute approximate surface area is 126 Å². The number of thiazole rings is 1. The zero-order valence-corrected chi connectivity index (χ0v) is 12.9. The first kappa shape index (κ1) is 13.8. The third kappa shape index (κ3) is 2.31. The van der Waals surface area contributed by atoms with Crippen molar-refractivity contribution in [2.75, 3.05) is 12.4 Å². The Kier molecular flexibility index (Phi) is 3.25. The van der Waals surface area contributed by atoms with Crippen LogP contribution in [0.2, 0.25) is 0 Å². The molecule has 2 heterocycles. The van der Waals surface area contributed by atoms with Crippen LogP contribution < -0.4 is 5.32 Å². The molecular weight excluding hydrogens is 286 g/mol. The smallest absolute Gasteiger partial charge is 0.261 e. The molecule has 1 aromatic heterocycles. The largest absolute Gasteiger partial charge is 0.380 e. The van der Waals surface area contributed by atoms with Crippen LogP contribution in [0.1, 0.15) is 36.3 Å². The summed E-state index contributed by atoms with van der Waals surface area (Å²) < 4.78 is 0. The van der Waals surface area contributed by atoms with Gasteiger partial charge in [-0.1, -0.05) is 0 Å². The van der Waals surface area contributed by atoms with Crippen molar-refractivity contribution in [3.05, 3.63) is 44.9 Å². The molecule has 0 spiro atoms. The van der Waals surface area contributed by atoms with Gasteiger partial charge in [-0.2, -0.15) is 0 Å². The highest BCUT2D eigenvalue weighted by atomic mass is 32.1.